The number of benzene rings is 1. The molecule has 0 atom stereocenters. The van der Waals surface area contributed by atoms with E-state index in [1.165, 1.54) is 6.07 Å². The Hall–Kier alpha value is -0.930. The molecular weight excluding hydrogens is 400 g/mol. The summed E-state index contributed by atoms with van der Waals surface area (Å²) in [5, 5.41) is 0.344. The fourth-order valence-electron chi connectivity index (χ4n) is 1.54. The Kier molecular flexibility index (Phi) is 5.05. The van der Waals surface area contributed by atoms with Crippen molar-refractivity contribution in [2.24, 2.45) is 5.73 Å². The van der Waals surface area contributed by atoms with Gasteiger partial charge in [-0.2, -0.15) is 0 Å². The lowest BCUT2D eigenvalue weighted by Gasteiger charge is -2.05. The number of nitrogens with two attached hydrogens (primary N) is 1. The lowest BCUT2D eigenvalue weighted by molar-refractivity contribution is 0.1000. The zero-order valence-corrected chi connectivity index (χ0v) is 14.4. The number of primary amides is 1. The van der Waals surface area contributed by atoms with Gasteiger partial charge in [-0.05, 0) is 39.7 Å². The molecule has 1 heterocycles. The summed E-state index contributed by atoms with van der Waals surface area (Å²) in [5.41, 5.74) is 6.14. The highest BCUT2D eigenvalue weighted by Gasteiger charge is 2.18. The van der Waals surface area contributed by atoms with Crippen LogP contribution in [0, 0.1) is 0 Å². The van der Waals surface area contributed by atoms with Crippen molar-refractivity contribution < 1.29 is 13.2 Å². The van der Waals surface area contributed by atoms with Gasteiger partial charge in [0, 0.05) is 12.1 Å². The number of hydrogen-bond donors (Lipinski definition) is 2. The van der Waals surface area contributed by atoms with Crippen LogP contribution in [0.25, 0.3) is 0 Å². The molecule has 0 aliphatic carbocycles. The van der Waals surface area contributed by atoms with E-state index in [4.69, 9.17) is 17.3 Å². The predicted octanol–water partition coefficient (Wildman–Crippen LogP) is 2.74. The maximum absolute atomic E-state index is 12.1. The lowest BCUT2D eigenvalue weighted by Crippen LogP contribution is -2.22. The lowest BCUT2D eigenvalue weighted by atomic mass is 10.1. The second-order valence-electron chi connectivity index (χ2n) is 4.08. The summed E-state index contributed by atoms with van der Waals surface area (Å²) in [6.07, 6.45) is 0. The van der Waals surface area contributed by atoms with Crippen LogP contribution in [0.4, 0.5) is 0 Å². The molecule has 2 aromatic rings. The molecule has 0 fully saturated rings. The van der Waals surface area contributed by atoms with E-state index in [1.807, 2.05) is 0 Å². The summed E-state index contributed by atoms with van der Waals surface area (Å²) in [4.78, 5) is 11.1. The van der Waals surface area contributed by atoms with E-state index < -0.39 is 15.9 Å². The van der Waals surface area contributed by atoms with Crippen LogP contribution in [-0.2, 0) is 16.6 Å². The van der Waals surface area contributed by atoms with Gasteiger partial charge in [0.15, 0.2) is 0 Å². The Morgan fingerprint density at radius 1 is 1.38 bits per heavy atom. The SMILES string of the molecule is NC(=O)c1cccc(CNS(=O)(=O)c2cc(Cl)c(Br)s2)c1. The van der Waals surface area contributed by atoms with E-state index in [0.29, 0.717) is 19.9 Å². The van der Waals surface area contributed by atoms with Crippen LogP contribution in [0.5, 0.6) is 0 Å². The maximum atomic E-state index is 12.1. The third-order valence-electron chi connectivity index (χ3n) is 2.57. The fourth-order valence-corrected chi connectivity index (χ4v) is 5.00. The average Bonchev–Trinajstić information content (AvgIpc) is 2.78. The molecule has 0 bridgehead atoms. The van der Waals surface area contributed by atoms with Crippen LogP contribution in [0.2, 0.25) is 5.02 Å². The Morgan fingerprint density at radius 2 is 2.10 bits per heavy atom. The molecule has 112 valence electrons. The van der Waals surface area contributed by atoms with Gasteiger partial charge in [0.25, 0.3) is 0 Å². The monoisotopic (exact) mass is 408 g/mol. The molecule has 0 unspecified atom stereocenters. The van der Waals surface area contributed by atoms with Crippen molar-refractivity contribution in [1.29, 1.82) is 0 Å². The number of thiophene rings is 1. The molecule has 5 nitrogen and oxygen atoms in total. The average molecular weight is 410 g/mol. The van der Waals surface area contributed by atoms with Gasteiger partial charge in [-0.1, -0.05) is 23.7 Å². The number of rotatable bonds is 5. The summed E-state index contributed by atoms with van der Waals surface area (Å²) < 4.78 is 27.4. The molecule has 1 aromatic heterocycles. The Morgan fingerprint density at radius 3 is 2.67 bits per heavy atom. The number of hydrogen-bond acceptors (Lipinski definition) is 4. The van der Waals surface area contributed by atoms with E-state index in [0.717, 1.165) is 11.3 Å². The summed E-state index contributed by atoms with van der Waals surface area (Å²) in [6.45, 7) is 0.0522. The summed E-state index contributed by atoms with van der Waals surface area (Å²) in [6, 6.07) is 7.83. The van der Waals surface area contributed by atoms with Crippen LogP contribution >= 0.6 is 38.9 Å². The largest absolute Gasteiger partial charge is 0.366 e. The molecule has 21 heavy (non-hydrogen) atoms. The van der Waals surface area contributed by atoms with E-state index >= 15 is 0 Å². The van der Waals surface area contributed by atoms with Crippen LogP contribution in [0.3, 0.4) is 0 Å². The van der Waals surface area contributed by atoms with Crippen molar-refractivity contribution in [1.82, 2.24) is 4.72 Å². The van der Waals surface area contributed by atoms with Gasteiger partial charge in [0.2, 0.25) is 15.9 Å². The molecule has 1 amide bonds. The minimum absolute atomic E-state index is 0.0522. The second kappa shape index (κ2) is 6.45. The zero-order chi connectivity index (χ0) is 15.6. The molecule has 0 aliphatic heterocycles. The molecular formula is C12H10BrClN2O3S2. The molecule has 0 aliphatic rings. The number of amides is 1. The summed E-state index contributed by atoms with van der Waals surface area (Å²) in [7, 11) is -3.66. The third-order valence-corrected chi connectivity index (χ3v) is 6.91. The molecule has 0 spiro atoms. The van der Waals surface area contributed by atoms with E-state index in [-0.39, 0.29) is 10.8 Å². The quantitative estimate of drug-likeness (QED) is 0.795. The number of carbonyl (C=O) groups excluding carboxylic acids is 1. The smallest absolute Gasteiger partial charge is 0.250 e. The highest BCUT2D eigenvalue weighted by atomic mass is 79.9. The Bertz CT molecular complexity index is 770. The normalized spacial score (nSPS) is 11.5. The van der Waals surface area contributed by atoms with Crippen LogP contribution in [0.1, 0.15) is 15.9 Å². The fraction of sp³-hybridized carbons (Fsp3) is 0.0833. The number of nitrogens with one attached hydrogen (secondary N) is 1. The molecule has 2 rings (SSSR count). The number of sulfonamides is 1. The third kappa shape index (κ3) is 4.04. The van der Waals surface area contributed by atoms with E-state index in [2.05, 4.69) is 20.7 Å². The van der Waals surface area contributed by atoms with Gasteiger partial charge in [-0.25, -0.2) is 13.1 Å². The molecule has 1 aromatic carbocycles. The first-order valence-corrected chi connectivity index (χ1v) is 9.10. The molecule has 3 N–H and O–H groups in total. The van der Waals surface area contributed by atoms with Crippen molar-refractivity contribution >= 4 is 54.8 Å². The highest BCUT2D eigenvalue weighted by molar-refractivity contribution is 9.11. The molecule has 0 radical (unpaired) electrons. The Labute approximate surface area is 139 Å². The van der Waals surface area contributed by atoms with Crippen molar-refractivity contribution in [3.8, 4) is 0 Å². The van der Waals surface area contributed by atoms with Gasteiger partial charge in [-0.15, -0.1) is 11.3 Å². The first-order valence-electron chi connectivity index (χ1n) is 5.63. The van der Waals surface area contributed by atoms with Gasteiger partial charge in [0.1, 0.15) is 4.21 Å². The maximum Gasteiger partial charge on any atom is 0.250 e. The topological polar surface area (TPSA) is 89.3 Å². The van der Waals surface area contributed by atoms with E-state index in [1.54, 1.807) is 24.3 Å². The Balaban J connectivity index is 2.15. The van der Waals surface area contributed by atoms with Crippen molar-refractivity contribution in [3.05, 3.63) is 50.3 Å². The van der Waals surface area contributed by atoms with Crippen molar-refractivity contribution in [2.75, 3.05) is 0 Å². The van der Waals surface area contributed by atoms with Crippen molar-refractivity contribution in [3.63, 3.8) is 0 Å². The molecule has 9 heteroatoms. The number of halogens is 2. The number of carbonyl (C=O) groups is 1. The molecule has 0 saturated carbocycles. The second-order valence-corrected chi connectivity index (χ2v) is 8.85. The highest BCUT2D eigenvalue weighted by Crippen LogP contribution is 2.34. The van der Waals surface area contributed by atoms with Crippen molar-refractivity contribution in [2.45, 2.75) is 10.8 Å². The van der Waals surface area contributed by atoms with Gasteiger partial charge in [-0.3, -0.25) is 4.79 Å². The standard InChI is InChI=1S/C12H10BrClN2O3S2/c13-11-9(14)5-10(20-11)21(18,19)16-6-7-2-1-3-8(4-7)12(15)17/h1-5,16H,6H2,(H2,15,17). The van der Waals surface area contributed by atoms with Gasteiger partial charge < -0.3 is 5.73 Å². The van der Waals surface area contributed by atoms with Crippen LogP contribution in [0.15, 0.2) is 38.3 Å². The minimum Gasteiger partial charge on any atom is -0.366 e. The van der Waals surface area contributed by atoms with Crippen LogP contribution < -0.4 is 10.5 Å². The van der Waals surface area contributed by atoms with Crippen LogP contribution in [-0.4, -0.2) is 14.3 Å². The summed E-state index contributed by atoms with van der Waals surface area (Å²) in [5.74, 6) is -0.561. The molecule has 0 saturated heterocycles. The van der Waals surface area contributed by atoms with E-state index in [9.17, 15) is 13.2 Å². The minimum atomic E-state index is -3.66. The first kappa shape index (κ1) is 16.4. The predicted molar refractivity (Wildman–Crippen MR) is 86.0 cm³/mol. The first-order chi connectivity index (χ1) is 9.79. The summed E-state index contributed by atoms with van der Waals surface area (Å²) >= 11 is 10.0. The van der Waals surface area contributed by atoms with Gasteiger partial charge in [0.05, 0.1) is 8.81 Å². The zero-order valence-electron chi connectivity index (χ0n) is 10.5. The van der Waals surface area contributed by atoms with Gasteiger partial charge >= 0.3 is 0 Å².